The van der Waals surface area contributed by atoms with Gasteiger partial charge in [-0.15, -0.1) is 0 Å². The van der Waals surface area contributed by atoms with Gasteiger partial charge in [0.15, 0.2) is 0 Å². The van der Waals surface area contributed by atoms with Crippen molar-refractivity contribution in [3.63, 3.8) is 0 Å². The number of aliphatic hydroxyl groups is 1. The van der Waals surface area contributed by atoms with Gasteiger partial charge in [0, 0.05) is 36.7 Å². The fraction of sp³-hybridized carbons (Fsp3) is 0.500. The molecule has 1 aliphatic rings. The van der Waals surface area contributed by atoms with Gasteiger partial charge < -0.3 is 15.7 Å². The number of nitrogens with zero attached hydrogens (tertiary/aromatic N) is 3. The molecular weight excluding hydrogens is 328 g/mol. The van der Waals surface area contributed by atoms with Crippen LogP contribution in [0.4, 0.5) is 0 Å². The van der Waals surface area contributed by atoms with E-state index in [-0.39, 0.29) is 17.5 Å². The number of hydrogen-bond donors (Lipinski definition) is 2. The first-order valence-corrected chi connectivity index (χ1v) is 9.01. The van der Waals surface area contributed by atoms with Crippen LogP contribution in [-0.2, 0) is 13.1 Å². The van der Waals surface area contributed by atoms with Crippen LogP contribution < -0.4 is 11.3 Å². The van der Waals surface area contributed by atoms with Gasteiger partial charge in [-0.2, -0.15) is 0 Å². The summed E-state index contributed by atoms with van der Waals surface area (Å²) in [5.74, 6) is 0. The van der Waals surface area contributed by atoms with Gasteiger partial charge in [0.05, 0.1) is 24.2 Å². The highest BCUT2D eigenvalue weighted by Crippen LogP contribution is 2.39. The van der Waals surface area contributed by atoms with E-state index in [0.717, 1.165) is 24.2 Å². The summed E-state index contributed by atoms with van der Waals surface area (Å²) in [6.45, 7) is 6.33. The minimum atomic E-state index is -0.943. The molecule has 2 aromatic rings. The first-order valence-electron chi connectivity index (χ1n) is 9.01. The maximum atomic E-state index is 12.7. The Balaban J connectivity index is 1.90. The number of piperidine rings is 1. The summed E-state index contributed by atoms with van der Waals surface area (Å²) in [5, 5.41) is 11.2. The van der Waals surface area contributed by atoms with E-state index in [9.17, 15) is 9.90 Å². The zero-order valence-electron chi connectivity index (χ0n) is 15.8. The highest BCUT2D eigenvalue weighted by molar-refractivity contribution is 5.63. The lowest BCUT2D eigenvalue weighted by atomic mass is 9.70. The third-order valence-electron chi connectivity index (χ3n) is 5.66. The first kappa shape index (κ1) is 18.8. The molecule has 1 aromatic heterocycles. The van der Waals surface area contributed by atoms with E-state index in [1.165, 1.54) is 17.0 Å². The summed E-state index contributed by atoms with van der Waals surface area (Å²) in [6.07, 6.45) is 2.16. The second kappa shape index (κ2) is 6.95. The lowest BCUT2D eigenvalue weighted by Gasteiger charge is -2.49. The standard InChI is InChI=1S/C20H28N4O2/c1-19(2)12-23(3)9-8-20(19,26)13-24-14-22-17(10-18(24)25)16-7-5-4-6-15(16)11-21/h4-7,10,14,26H,8-9,11-13,21H2,1-3H3. The molecule has 1 aromatic carbocycles. The fourth-order valence-electron chi connectivity index (χ4n) is 3.83. The molecular formula is C20H28N4O2. The van der Waals surface area contributed by atoms with Crippen LogP contribution >= 0.6 is 0 Å². The maximum Gasteiger partial charge on any atom is 0.253 e. The van der Waals surface area contributed by atoms with Crippen molar-refractivity contribution in [3.8, 4) is 11.3 Å². The van der Waals surface area contributed by atoms with E-state index in [4.69, 9.17) is 5.73 Å². The normalized spacial score (nSPS) is 23.1. The Morgan fingerprint density at radius 2 is 2.04 bits per heavy atom. The van der Waals surface area contributed by atoms with Crippen LogP contribution in [0.3, 0.4) is 0 Å². The SMILES string of the molecule is CN1CCC(O)(Cn2cnc(-c3ccccc3CN)cc2=O)C(C)(C)C1. The van der Waals surface area contributed by atoms with Crippen molar-refractivity contribution >= 4 is 0 Å². The molecule has 6 heteroatoms. The topological polar surface area (TPSA) is 84.4 Å². The lowest BCUT2D eigenvalue weighted by Crippen LogP contribution is -2.59. The molecule has 1 unspecified atom stereocenters. The molecule has 0 spiro atoms. The van der Waals surface area contributed by atoms with Crippen molar-refractivity contribution in [2.24, 2.45) is 11.1 Å². The minimum absolute atomic E-state index is 0.162. The van der Waals surface area contributed by atoms with Crippen molar-refractivity contribution in [2.45, 2.75) is 39.0 Å². The van der Waals surface area contributed by atoms with Gasteiger partial charge in [0.1, 0.15) is 0 Å². The molecule has 0 radical (unpaired) electrons. The summed E-state index contributed by atoms with van der Waals surface area (Å²) >= 11 is 0. The Bertz CT molecular complexity index is 846. The van der Waals surface area contributed by atoms with Crippen molar-refractivity contribution < 1.29 is 5.11 Å². The van der Waals surface area contributed by atoms with E-state index in [0.29, 0.717) is 18.7 Å². The molecule has 0 bridgehead atoms. The van der Waals surface area contributed by atoms with Crippen LogP contribution in [0.1, 0.15) is 25.8 Å². The molecule has 1 aliphatic heterocycles. The highest BCUT2D eigenvalue weighted by Gasteiger charge is 2.47. The Kier molecular flexibility index (Phi) is 5.01. The fourth-order valence-corrected chi connectivity index (χ4v) is 3.83. The summed E-state index contributed by atoms with van der Waals surface area (Å²) in [7, 11) is 2.05. The number of nitrogens with two attached hydrogens (primary N) is 1. The minimum Gasteiger partial charge on any atom is -0.387 e. The average molecular weight is 356 g/mol. The summed E-state index contributed by atoms with van der Waals surface area (Å²) in [5.41, 5.74) is 6.81. The summed E-state index contributed by atoms with van der Waals surface area (Å²) in [4.78, 5) is 19.3. The molecule has 3 N–H and O–H groups in total. The van der Waals surface area contributed by atoms with Gasteiger partial charge in [0.25, 0.3) is 5.56 Å². The molecule has 1 saturated heterocycles. The molecule has 0 saturated carbocycles. The van der Waals surface area contributed by atoms with E-state index >= 15 is 0 Å². The molecule has 26 heavy (non-hydrogen) atoms. The van der Waals surface area contributed by atoms with Crippen LogP contribution in [0.15, 0.2) is 41.5 Å². The Labute approximate surface area is 154 Å². The Morgan fingerprint density at radius 1 is 1.31 bits per heavy atom. The molecule has 0 aliphatic carbocycles. The second-order valence-corrected chi connectivity index (χ2v) is 8.00. The summed E-state index contributed by atoms with van der Waals surface area (Å²) < 4.78 is 1.52. The van der Waals surface area contributed by atoms with Crippen LogP contribution in [-0.4, -0.2) is 45.3 Å². The Hall–Kier alpha value is -2.02. The molecule has 3 rings (SSSR count). The smallest absolute Gasteiger partial charge is 0.253 e. The van der Waals surface area contributed by atoms with Crippen molar-refractivity contribution in [1.82, 2.24) is 14.5 Å². The van der Waals surface area contributed by atoms with E-state index in [2.05, 4.69) is 16.9 Å². The zero-order valence-corrected chi connectivity index (χ0v) is 15.8. The van der Waals surface area contributed by atoms with E-state index in [1.807, 2.05) is 38.1 Å². The van der Waals surface area contributed by atoms with Crippen molar-refractivity contribution in [3.05, 3.63) is 52.6 Å². The number of hydrogen-bond acceptors (Lipinski definition) is 5. The van der Waals surface area contributed by atoms with Gasteiger partial charge in [-0.05, 0) is 19.0 Å². The third kappa shape index (κ3) is 3.45. The van der Waals surface area contributed by atoms with E-state index < -0.39 is 5.60 Å². The molecule has 0 amide bonds. The molecule has 140 valence electrons. The maximum absolute atomic E-state index is 12.7. The predicted molar refractivity (Wildman–Crippen MR) is 103 cm³/mol. The van der Waals surface area contributed by atoms with Crippen LogP contribution in [0.25, 0.3) is 11.3 Å². The van der Waals surface area contributed by atoms with Gasteiger partial charge >= 0.3 is 0 Å². The van der Waals surface area contributed by atoms with Gasteiger partial charge in [0.2, 0.25) is 0 Å². The lowest BCUT2D eigenvalue weighted by molar-refractivity contribution is -0.124. The summed E-state index contributed by atoms with van der Waals surface area (Å²) in [6, 6.07) is 9.21. The number of aromatic nitrogens is 2. The van der Waals surface area contributed by atoms with Crippen LogP contribution in [0.2, 0.25) is 0 Å². The zero-order chi connectivity index (χ0) is 18.9. The number of benzene rings is 1. The predicted octanol–water partition coefficient (Wildman–Crippen LogP) is 1.46. The average Bonchev–Trinajstić information content (AvgIpc) is 2.60. The van der Waals surface area contributed by atoms with Gasteiger partial charge in [-0.25, -0.2) is 4.98 Å². The van der Waals surface area contributed by atoms with Gasteiger partial charge in [-0.3, -0.25) is 9.36 Å². The number of likely N-dealkylation sites (tertiary alicyclic amines) is 1. The third-order valence-corrected chi connectivity index (χ3v) is 5.66. The van der Waals surface area contributed by atoms with Crippen LogP contribution in [0, 0.1) is 5.41 Å². The largest absolute Gasteiger partial charge is 0.387 e. The molecule has 6 nitrogen and oxygen atoms in total. The highest BCUT2D eigenvalue weighted by atomic mass is 16.3. The second-order valence-electron chi connectivity index (χ2n) is 8.00. The monoisotopic (exact) mass is 356 g/mol. The van der Waals surface area contributed by atoms with Crippen molar-refractivity contribution in [2.75, 3.05) is 20.1 Å². The molecule has 1 fully saturated rings. The molecule has 1 atom stereocenters. The first-order chi connectivity index (χ1) is 12.3. The van der Waals surface area contributed by atoms with Gasteiger partial charge in [-0.1, -0.05) is 38.1 Å². The number of rotatable bonds is 4. The quantitative estimate of drug-likeness (QED) is 0.866. The van der Waals surface area contributed by atoms with Crippen molar-refractivity contribution in [1.29, 1.82) is 0 Å². The van der Waals surface area contributed by atoms with Crippen LogP contribution in [0.5, 0.6) is 0 Å². The van der Waals surface area contributed by atoms with E-state index in [1.54, 1.807) is 0 Å². The molecule has 2 heterocycles. The Morgan fingerprint density at radius 3 is 2.69 bits per heavy atom.